The molecule has 1 saturated heterocycles. The van der Waals surface area contributed by atoms with Crippen LogP contribution in [0.1, 0.15) is 33.1 Å². The SMILES string of the molecule is CC(C)CC(CN)C(=O)OCC1CCCO1. The van der Waals surface area contributed by atoms with Gasteiger partial charge in [-0.15, -0.1) is 0 Å². The molecule has 1 heterocycles. The topological polar surface area (TPSA) is 61.6 Å². The molecule has 94 valence electrons. The van der Waals surface area contributed by atoms with Crippen LogP contribution in [-0.2, 0) is 14.3 Å². The van der Waals surface area contributed by atoms with Gasteiger partial charge in [0.15, 0.2) is 0 Å². The number of rotatable bonds is 6. The van der Waals surface area contributed by atoms with E-state index in [1.54, 1.807) is 0 Å². The summed E-state index contributed by atoms with van der Waals surface area (Å²) in [5, 5.41) is 0. The Kier molecular flexibility index (Phi) is 5.77. The zero-order valence-electron chi connectivity index (χ0n) is 10.3. The van der Waals surface area contributed by atoms with Gasteiger partial charge < -0.3 is 15.2 Å². The van der Waals surface area contributed by atoms with Crippen LogP contribution in [0.3, 0.4) is 0 Å². The standard InChI is InChI=1S/C12H23NO3/c1-9(2)6-10(7-13)12(14)16-8-11-4-3-5-15-11/h9-11H,3-8,13H2,1-2H3. The molecule has 0 aromatic carbocycles. The molecule has 2 atom stereocenters. The van der Waals surface area contributed by atoms with E-state index in [1.807, 2.05) is 0 Å². The van der Waals surface area contributed by atoms with Crippen LogP contribution in [0.2, 0.25) is 0 Å². The summed E-state index contributed by atoms with van der Waals surface area (Å²) >= 11 is 0. The van der Waals surface area contributed by atoms with E-state index in [0.717, 1.165) is 25.9 Å². The Bertz CT molecular complexity index is 212. The largest absolute Gasteiger partial charge is 0.463 e. The van der Waals surface area contributed by atoms with Crippen molar-refractivity contribution in [2.75, 3.05) is 19.8 Å². The maximum absolute atomic E-state index is 11.7. The fourth-order valence-corrected chi connectivity index (χ4v) is 1.93. The van der Waals surface area contributed by atoms with Crippen molar-refractivity contribution in [3.63, 3.8) is 0 Å². The third-order valence-corrected chi connectivity index (χ3v) is 2.81. The Morgan fingerprint density at radius 2 is 2.31 bits per heavy atom. The molecule has 0 radical (unpaired) electrons. The number of nitrogens with two attached hydrogens (primary N) is 1. The predicted octanol–water partition coefficient (Wildman–Crippen LogP) is 1.33. The maximum atomic E-state index is 11.7. The minimum atomic E-state index is -0.174. The summed E-state index contributed by atoms with van der Waals surface area (Å²) in [5.74, 6) is 0.122. The van der Waals surface area contributed by atoms with Crippen LogP contribution >= 0.6 is 0 Å². The first kappa shape index (κ1) is 13.5. The lowest BCUT2D eigenvalue weighted by Gasteiger charge is -2.17. The molecule has 0 aromatic rings. The summed E-state index contributed by atoms with van der Waals surface area (Å²) in [6.07, 6.45) is 2.95. The number of hydrogen-bond donors (Lipinski definition) is 1. The Labute approximate surface area is 97.5 Å². The van der Waals surface area contributed by atoms with Gasteiger partial charge in [0.05, 0.1) is 12.0 Å². The van der Waals surface area contributed by atoms with Gasteiger partial charge in [-0.3, -0.25) is 4.79 Å². The highest BCUT2D eigenvalue weighted by atomic mass is 16.6. The summed E-state index contributed by atoms with van der Waals surface area (Å²) in [4.78, 5) is 11.7. The van der Waals surface area contributed by atoms with Crippen molar-refractivity contribution in [2.45, 2.75) is 39.2 Å². The van der Waals surface area contributed by atoms with Gasteiger partial charge in [-0.05, 0) is 25.2 Å². The van der Waals surface area contributed by atoms with Crippen molar-refractivity contribution in [1.82, 2.24) is 0 Å². The third-order valence-electron chi connectivity index (χ3n) is 2.81. The van der Waals surface area contributed by atoms with Crippen molar-refractivity contribution in [3.05, 3.63) is 0 Å². The van der Waals surface area contributed by atoms with Gasteiger partial charge >= 0.3 is 5.97 Å². The van der Waals surface area contributed by atoms with E-state index >= 15 is 0 Å². The second-order valence-corrected chi connectivity index (χ2v) is 4.83. The van der Waals surface area contributed by atoms with Crippen LogP contribution in [0.15, 0.2) is 0 Å². The fraction of sp³-hybridized carbons (Fsp3) is 0.917. The van der Waals surface area contributed by atoms with Gasteiger partial charge in [0.1, 0.15) is 6.61 Å². The van der Waals surface area contributed by atoms with Gasteiger partial charge in [-0.25, -0.2) is 0 Å². The van der Waals surface area contributed by atoms with Crippen LogP contribution in [-0.4, -0.2) is 31.8 Å². The van der Waals surface area contributed by atoms with E-state index in [2.05, 4.69) is 13.8 Å². The molecule has 16 heavy (non-hydrogen) atoms. The highest BCUT2D eigenvalue weighted by Crippen LogP contribution is 2.15. The number of carbonyl (C=O) groups excluding carboxylic acids is 1. The minimum absolute atomic E-state index is 0.0985. The summed E-state index contributed by atoms with van der Waals surface area (Å²) in [6, 6.07) is 0. The van der Waals surface area contributed by atoms with E-state index in [-0.39, 0.29) is 18.0 Å². The number of esters is 1. The lowest BCUT2D eigenvalue weighted by atomic mass is 9.97. The Balaban J connectivity index is 2.25. The maximum Gasteiger partial charge on any atom is 0.310 e. The fourth-order valence-electron chi connectivity index (χ4n) is 1.93. The van der Waals surface area contributed by atoms with Gasteiger partial charge in [-0.1, -0.05) is 13.8 Å². The molecular weight excluding hydrogens is 206 g/mol. The molecule has 0 bridgehead atoms. The lowest BCUT2D eigenvalue weighted by molar-refractivity contribution is -0.152. The molecule has 1 aliphatic heterocycles. The molecule has 0 aromatic heterocycles. The molecule has 1 fully saturated rings. The smallest absolute Gasteiger partial charge is 0.310 e. The first-order valence-corrected chi connectivity index (χ1v) is 6.11. The van der Waals surface area contributed by atoms with E-state index < -0.39 is 0 Å². The number of ether oxygens (including phenoxy) is 2. The Hall–Kier alpha value is -0.610. The number of carbonyl (C=O) groups is 1. The van der Waals surface area contributed by atoms with Gasteiger partial charge in [0.2, 0.25) is 0 Å². The zero-order valence-corrected chi connectivity index (χ0v) is 10.3. The van der Waals surface area contributed by atoms with E-state index in [9.17, 15) is 4.79 Å². The van der Waals surface area contributed by atoms with E-state index in [0.29, 0.717) is 19.1 Å². The van der Waals surface area contributed by atoms with Crippen molar-refractivity contribution >= 4 is 5.97 Å². The molecule has 0 aliphatic carbocycles. The third kappa shape index (κ3) is 4.49. The molecule has 0 saturated carbocycles. The van der Waals surface area contributed by atoms with Crippen LogP contribution in [0.4, 0.5) is 0 Å². The van der Waals surface area contributed by atoms with Gasteiger partial charge in [0, 0.05) is 13.2 Å². The Morgan fingerprint density at radius 3 is 2.81 bits per heavy atom. The molecule has 2 unspecified atom stereocenters. The Morgan fingerprint density at radius 1 is 1.56 bits per heavy atom. The molecule has 4 nitrogen and oxygen atoms in total. The normalized spacial score (nSPS) is 22.4. The average Bonchev–Trinajstić information content (AvgIpc) is 2.75. The monoisotopic (exact) mass is 229 g/mol. The molecular formula is C12H23NO3. The predicted molar refractivity (Wildman–Crippen MR) is 61.9 cm³/mol. The first-order valence-electron chi connectivity index (χ1n) is 6.11. The summed E-state index contributed by atoms with van der Waals surface area (Å²) < 4.78 is 10.6. The van der Waals surface area contributed by atoms with Crippen LogP contribution in [0.25, 0.3) is 0 Å². The average molecular weight is 229 g/mol. The van der Waals surface area contributed by atoms with Crippen molar-refractivity contribution < 1.29 is 14.3 Å². The van der Waals surface area contributed by atoms with Crippen LogP contribution < -0.4 is 5.73 Å². The molecule has 0 amide bonds. The van der Waals surface area contributed by atoms with E-state index in [1.165, 1.54) is 0 Å². The lowest BCUT2D eigenvalue weighted by Crippen LogP contribution is -2.29. The highest BCUT2D eigenvalue weighted by Gasteiger charge is 2.22. The van der Waals surface area contributed by atoms with E-state index in [4.69, 9.17) is 15.2 Å². The second-order valence-electron chi connectivity index (χ2n) is 4.83. The summed E-state index contributed by atoms with van der Waals surface area (Å²) in [6.45, 7) is 5.69. The van der Waals surface area contributed by atoms with Crippen molar-refractivity contribution in [3.8, 4) is 0 Å². The van der Waals surface area contributed by atoms with Crippen molar-refractivity contribution in [2.24, 2.45) is 17.6 Å². The molecule has 1 aliphatic rings. The summed E-state index contributed by atoms with van der Waals surface area (Å²) in [5.41, 5.74) is 5.57. The summed E-state index contributed by atoms with van der Waals surface area (Å²) in [7, 11) is 0. The zero-order chi connectivity index (χ0) is 12.0. The first-order chi connectivity index (χ1) is 7.63. The molecule has 0 spiro atoms. The molecule has 4 heteroatoms. The van der Waals surface area contributed by atoms with Gasteiger partial charge in [0.25, 0.3) is 0 Å². The van der Waals surface area contributed by atoms with Crippen molar-refractivity contribution in [1.29, 1.82) is 0 Å². The van der Waals surface area contributed by atoms with Crippen LogP contribution in [0.5, 0.6) is 0 Å². The quantitative estimate of drug-likeness (QED) is 0.698. The molecule has 1 rings (SSSR count). The minimum Gasteiger partial charge on any atom is -0.463 e. The second kappa shape index (κ2) is 6.86. The molecule has 2 N–H and O–H groups in total. The van der Waals surface area contributed by atoms with Crippen LogP contribution in [0, 0.1) is 11.8 Å². The van der Waals surface area contributed by atoms with Gasteiger partial charge in [-0.2, -0.15) is 0 Å². The number of hydrogen-bond acceptors (Lipinski definition) is 4. The highest BCUT2D eigenvalue weighted by molar-refractivity contribution is 5.72.